The van der Waals surface area contributed by atoms with Gasteiger partial charge >= 0.3 is 6.03 Å². The minimum absolute atomic E-state index is 0.0979. The summed E-state index contributed by atoms with van der Waals surface area (Å²) in [5, 5.41) is 5.78. The van der Waals surface area contributed by atoms with Crippen molar-refractivity contribution in [1.29, 1.82) is 0 Å². The van der Waals surface area contributed by atoms with Gasteiger partial charge in [-0.2, -0.15) is 0 Å². The highest BCUT2D eigenvalue weighted by Gasteiger charge is 2.28. The second-order valence-corrected chi connectivity index (χ2v) is 6.05. The van der Waals surface area contributed by atoms with Gasteiger partial charge in [-0.3, -0.25) is 0 Å². The molecule has 0 aromatic heterocycles. The zero-order chi connectivity index (χ0) is 16.9. The number of halogens is 1. The SMILES string of the molecule is Cc1ccc(NC(=O)NC(c2ccc(F)cc2)C2CCCO2)cc1. The zero-order valence-corrected chi connectivity index (χ0v) is 13.6. The van der Waals surface area contributed by atoms with E-state index in [0.29, 0.717) is 6.61 Å². The summed E-state index contributed by atoms with van der Waals surface area (Å²) in [5.74, 6) is -0.297. The van der Waals surface area contributed by atoms with E-state index in [1.54, 1.807) is 12.1 Å². The van der Waals surface area contributed by atoms with Crippen LogP contribution in [0.3, 0.4) is 0 Å². The quantitative estimate of drug-likeness (QED) is 0.885. The average molecular weight is 328 g/mol. The third kappa shape index (κ3) is 4.11. The Labute approximate surface area is 141 Å². The van der Waals surface area contributed by atoms with Crippen LogP contribution in [0.2, 0.25) is 0 Å². The molecule has 5 heteroatoms. The van der Waals surface area contributed by atoms with Crippen LogP contribution in [0.5, 0.6) is 0 Å². The highest BCUT2D eigenvalue weighted by atomic mass is 19.1. The van der Waals surface area contributed by atoms with Crippen molar-refractivity contribution in [3.63, 3.8) is 0 Å². The van der Waals surface area contributed by atoms with Crippen molar-refractivity contribution in [3.05, 3.63) is 65.5 Å². The number of nitrogens with one attached hydrogen (secondary N) is 2. The van der Waals surface area contributed by atoms with Gasteiger partial charge in [-0.05, 0) is 49.6 Å². The molecule has 2 amide bonds. The van der Waals surface area contributed by atoms with Gasteiger partial charge in [0.25, 0.3) is 0 Å². The zero-order valence-electron chi connectivity index (χ0n) is 13.6. The Bertz CT molecular complexity index is 680. The molecule has 2 atom stereocenters. The predicted molar refractivity (Wildman–Crippen MR) is 91.4 cm³/mol. The third-order valence-corrected chi connectivity index (χ3v) is 4.16. The number of hydrogen-bond acceptors (Lipinski definition) is 2. The monoisotopic (exact) mass is 328 g/mol. The number of hydrogen-bond donors (Lipinski definition) is 2. The van der Waals surface area contributed by atoms with Gasteiger partial charge in [0.2, 0.25) is 0 Å². The number of carbonyl (C=O) groups is 1. The maximum atomic E-state index is 13.2. The number of amides is 2. The van der Waals surface area contributed by atoms with Crippen LogP contribution in [0.15, 0.2) is 48.5 Å². The van der Waals surface area contributed by atoms with Gasteiger partial charge in [-0.15, -0.1) is 0 Å². The van der Waals surface area contributed by atoms with Crippen molar-refractivity contribution in [1.82, 2.24) is 5.32 Å². The molecule has 0 radical (unpaired) electrons. The van der Waals surface area contributed by atoms with Crippen LogP contribution in [-0.2, 0) is 4.74 Å². The lowest BCUT2D eigenvalue weighted by Crippen LogP contribution is -2.38. The van der Waals surface area contributed by atoms with Crippen molar-refractivity contribution in [2.75, 3.05) is 11.9 Å². The first kappa shape index (κ1) is 16.5. The standard InChI is InChI=1S/C19H21FN2O2/c1-13-4-10-16(11-5-13)21-19(23)22-18(17-3-2-12-24-17)14-6-8-15(20)9-7-14/h4-11,17-18H,2-3,12H2,1H3,(H2,21,22,23). The highest BCUT2D eigenvalue weighted by Crippen LogP contribution is 2.27. The Morgan fingerprint density at radius 1 is 1.17 bits per heavy atom. The van der Waals surface area contributed by atoms with E-state index in [2.05, 4.69) is 10.6 Å². The lowest BCUT2D eigenvalue weighted by molar-refractivity contribution is 0.0815. The molecular formula is C19H21FN2O2. The van der Waals surface area contributed by atoms with Crippen molar-refractivity contribution in [3.8, 4) is 0 Å². The van der Waals surface area contributed by atoms with E-state index in [-0.39, 0.29) is 24.0 Å². The summed E-state index contributed by atoms with van der Waals surface area (Å²) < 4.78 is 18.9. The Hall–Kier alpha value is -2.40. The summed E-state index contributed by atoms with van der Waals surface area (Å²) in [6, 6.07) is 13.2. The first-order chi connectivity index (χ1) is 11.6. The molecule has 1 heterocycles. The highest BCUT2D eigenvalue weighted by molar-refractivity contribution is 5.89. The van der Waals surface area contributed by atoms with Gasteiger partial charge in [0, 0.05) is 12.3 Å². The van der Waals surface area contributed by atoms with E-state index < -0.39 is 0 Å². The molecule has 0 bridgehead atoms. The van der Waals surface area contributed by atoms with Crippen LogP contribution < -0.4 is 10.6 Å². The van der Waals surface area contributed by atoms with Crippen molar-refractivity contribution < 1.29 is 13.9 Å². The molecule has 24 heavy (non-hydrogen) atoms. The fourth-order valence-electron chi connectivity index (χ4n) is 2.87. The molecular weight excluding hydrogens is 307 g/mol. The Kier molecular flexibility index (Phi) is 5.11. The molecule has 0 spiro atoms. The van der Waals surface area contributed by atoms with Crippen LogP contribution in [0.1, 0.15) is 30.0 Å². The third-order valence-electron chi connectivity index (χ3n) is 4.16. The van der Waals surface area contributed by atoms with Gasteiger partial charge in [-0.25, -0.2) is 9.18 Å². The molecule has 1 saturated heterocycles. The van der Waals surface area contributed by atoms with Crippen LogP contribution in [0, 0.1) is 12.7 Å². The normalized spacial score (nSPS) is 18.2. The van der Waals surface area contributed by atoms with Gasteiger partial charge < -0.3 is 15.4 Å². The van der Waals surface area contributed by atoms with E-state index in [4.69, 9.17) is 4.74 Å². The molecule has 126 valence electrons. The average Bonchev–Trinajstić information content (AvgIpc) is 3.10. The largest absolute Gasteiger partial charge is 0.376 e. The van der Waals surface area contributed by atoms with Gasteiger partial charge in [0.1, 0.15) is 5.82 Å². The predicted octanol–water partition coefficient (Wildman–Crippen LogP) is 4.18. The first-order valence-corrected chi connectivity index (χ1v) is 8.13. The van der Waals surface area contributed by atoms with Gasteiger partial charge in [0.15, 0.2) is 0 Å². The molecule has 1 aliphatic rings. The van der Waals surface area contributed by atoms with E-state index in [1.807, 2.05) is 31.2 Å². The number of urea groups is 1. The number of benzene rings is 2. The minimum atomic E-state index is -0.307. The number of ether oxygens (including phenoxy) is 1. The summed E-state index contributed by atoms with van der Waals surface area (Å²) in [6.45, 7) is 2.68. The van der Waals surface area contributed by atoms with E-state index >= 15 is 0 Å². The smallest absolute Gasteiger partial charge is 0.319 e. The Morgan fingerprint density at radius 2 is 1.88 bits per heavy atom. The lowest BCUT2D eigenvalue weighted by atomic mass is 9.99. The van der Waals surface area contributed by atoms with E-state index in [0.717, 1.165) is 29.7 Å². The molecule has 4 nitrogen and oxygen atoms in total. The van der Waals surface area contributed by atoms with Crippen molar-refractivity contribution >= 4 is 11.7 Å². The summed E-state index contributed by atoms with van der Waals surface area (Å²) in [7, 11) is 0. The molecule has 3 rings (SSSR count). The maximum absolute atomic E-state index is 13.2. The first-order valence-electron chi connectivity index (χ1n) is 8.13. The summed E-state index contributed by atoms with van der Waals surface area (Å²) in [6.07, 6.45) is 1.73. The van der Waals surface area contributed by atoms with Crippen molar-refractivity contribution in [2.24, 2.45) is 0 Å². The lowest BCUT2D eigenvalue weighted by Gasteiger charge is -2.25. The van der Waals surface area contributed by atoms with Crippen molar-refractivity contribution in [2.45, 2.75) is 31.9 Å². The van der Waals surface area contributed by atoms with Gasteiger partial charge in [0.05, 0.1) is 12.1 Å². The van der Waals surface area contributed by atoms with Crippen LogP contribution in [0.25, 0.3) is 0 Å². The number of anilines is 1. The van der Waals surface area contributed by atoms with Crippen LogP contribution >= 0.6 is 0 Å². The fraction of sp³-hybridized carbons (Fsp3) is 0.316. The molecule has 2 aromatic rings. The second-order valence-electron chi connectivity index (χ2n) is 6.05. The molecule has 1 fully saturated rings. The number of carbonyl (C=O) groups excluding carboxylic acids is 1. The Morgan fingerprint density at radius 3 is 2.50 bits per heavy atom. The fourth-order valence-corrected chi connectivity index (χ4v) is 2.87. The van der Waals surface area contributed by atoms with Crippen LogP contribution in [-0.4, -0.2) is 18.7 Å². The minimum Gasteiger partial charge on any atom is -0.376 e. The summed E-state index contributed by atoms with van der Waals surface area (Å²) in [4.78, 5) is 12.4. The topological polar surface area (TPSA) is 50.4 Å². The molecule has 2 aromatic carbocycles. The molecule has 2 unspecified atom stereocenters. The molecule has 2 N–H and O–H groups in total. The summed E-state index contributed by atoms with van der Waals surface area (Å²) in [5.41, 5.74) is 2.69. The Balaban J connectivity index is 1.72. The summed E-state index contributed by atoms with van der Waals surface area (Å²) >= 11 is 0. The maximum Gasteiger partial charge on any atom is 0.319 e. The van der Waals surface area contributed by atoms with Gasteiger partial charge in [-0.1, -0.05) is 29.8 Å². The number of aryl methyl sites for hydroxylation is 1. The van der Waals surface area contributed by atoms with Crippen LogP contribution in [0.4, 0.5) is 14.9 Å². The van der Waals surface area contributed by atoms with E-state index in [9.17, 15) is 9.18 Å². The molecule has 0 aliphatic carbocycles. The second kappa shape index (κ2) is 7.45. The van der Waals surface area contributed by atoms with E-state index in [1.165, 1.54) is 12.1 Å². The molecule has 1 aliphatic heterocycles. The number of rotatable bonds is 4. The molecule has 0 saturated carbocycles.